The van der Waals surface area contributed by atoms with Crippen molar-refractivity contribution >= 4 is 0 Å². The third-order valence-electron chi connectivity index (χ3n) is 4.02. The molecule has 0 atom stereocenters. The minimum absolute atomic E-state index is 0.0299. The van der Waals surface area contributed by atoms with Gasteiger partial charge in [0, 0.05) is 0 Å². The molecule has 0 spiro atoms. The van der Waals surface area contributed by atoms with E-state index in [-0.39, 0.29) is 11.0 Å². The molecule has 2 aliphatic rings. The normalized spacial score (nSPS) is 23.1. The van der Waals surface area contributed by atoms with Gasteiger partial charge in [-0.15, -0.1) is 6.42 Å². The SMILES string of the molecule is C#CC1(c2ccc3c(c2)CCC(C)(C)O3)CC1. The zero-order chi connectivity index (χ0) is 12.1. The van der Waals surface area contributed by atoms with Gasteiger partial charge in [0.15, 0.2) is 0 Å². The van der Waals surface area contributed by atoms with Crippen molar-refractivity contribution in [1.29, 1.82) is 0 Å². The van der Waals surface area contributed by atoms with E-state index in [9.17, 15) is 0 Å². The number of rotatable bonds is 1. The number of hydrogen-bond donors (Lipinski definition) is 0. The van der Waals surface area contributed by atoms with E-state index in [1.54, 1.807) is 0 Å². The largest absolute Gasteiger partial charge is 0.488 e. The van der Waals surface area contributed by atoms with Crippen LogP contribution in [0.2, 0.25) is 0 Å². The van der Waals surface area contributed by atoms with Crippen LogP contribution in [-0.2, 0) is 11.8 Å². The van der Waals surface area contributed by atoms with Crippen molar-refractivity contribution in [2.75, 3.05) is 0 Å². The van der Waals surface area contributed by atoms with Crippen LogP contribution in [0.1, 0.15) is 44.2 Å². The first-order valence-corrected chi connectivity index (χ1v) is 6.35. The lowest BCUT2D eigenvalue weighted by atomic mass is 9.89. The Morgan fingerprint density at radius 2 is 2.00 bits per heavy atom. The average molecular weight is 226 g/mol. The summed E-state index contributed by atoms with van der Waals surface area (Å²) in [7, 11) is 0. The fourth-order valence-electron chi connectivity index (χ4n) is 2.60. The monoisotopic (exact) mass is 226 g/mol. The Hall–Kier alpha value is -1.42. The lowest BCUT2D eigenvalue weighted by Gasteiger charge is -2.33. The van der Waals surface area contributed by atoms with E-state index >= 15 is 0 Å². The fraction of sp³-hybridized carbons (Fsp3) is 0.500. The van der Waals surface area contributed by atoms with Gasteiger partial charge in [-0.05, 0) is 56.7 Å². The summed E-state index contributed by atoms with van der Waals surface area (Å²) in [4.78, 5) is 0. The number of fused-ring (bicyclic) bond motifs is 1. The van der Waals surface area contributed by atoms with Crippen LogP contribution in [0.5, 0.6) is 5.75 Å². The number of ether oxygens (including phenoxy) is 1. The van der Waals surface area contributed by atoms with Gasteiger partial charge in [-0.25, -0.2) is 0 Å². The van der Waals surface area contributed by atoms with Crippen molar-refractivity contribution < 1.29 is 4.74 Å². The Labute approximate surface area is 103 Å². The third-order valence-corrected chi connectivity index (χ3v) is 4.02. The first kappa shape index (κ1) is 10.7. The molecule has 1 heterocycles. The van der Waals surface area contributed by atoms with Gasteiger partial charge >= 0.3 is 0 Å². The Kier molecular flexibility index (Phi) is 2.08. The van der Waals surface area contributed by atoms with Crippen LogP contribution in [-0.4, -0.2) is 5.60 Å². The summed E-state index contributed by atoms with van der Waals surface area (Å²) in [6.07, 6.45) is 10.1. The molecule has 1 aromatic rings. The maximum Gasteiger partial charge on any atom is 0.123 e. The van der Waals surface area contributed by atoms with Gasteiger partial charge in [-0.2, -0.15) is 0 Å². The zero-order valence-electron chi connectivity index (χ0n) is 10.5. The topological polar surface area (TPSA) is 9.23 Å². The molecule has 17 heavy (non-hydrogen) atoms. The minimum Gasteiger partial charge on any atom is -0.488 e. The molecule has 1 aliphatic carbocycles. The van der Waals surface area contributed by atoms with E-state index in [0.717, 1.165) is 31.4 Å². The number of hydrogen-bond acceptors (Lipinski definition) is 1. The summed E-state index contributed by atoms with van der Waals surface area (Å²) < 4.78 is 5.99. The van der Waals surface area contributed by atoms with Gasteiger partial charge in [0.05, 0.1) is 5.41 Å². The maximum atomic E-state index is 5.99. The third kappa shape index (κ3) is 1.72. The predicted octanol–water partition coefficient (Wildman–Crippen LogP) is 3.46. The second-order valence-electron chi connectivity index (χ2n) is 5.91. The molecular weight excluding hydrogens is 208 g/mol. The van der Waals surface area contributed by atoms with Crippen molar-refractivity contribution in [3.8, 4) is 18.1 Å². The van der Waals surface area contributed by atoms with E-state index in [1.165, 1.54) is 11.1 Å². The summed E-state index contributed by atoms with van der Waals surface area (Å²) in [6.45, 7) is 4.29. The molecule has 0 bridgehead atoms. The van der Waals surface area contributed by atoms with Gasteiger partial charge < -0.3 is 4.74 Å². The molecule has 1 saturated carbocycles. The van der Waals surface area contributed by atoms with Crippen molar-refractivity contribution in [3.05, 3.63) is 29.3 Å². The molecule has 0 aromatic heterocycles. The molecule has 0 radical (unpaired) electrons. The standard InChI is InChI=1S/C16H18O/c1-4-16(9-10-16)13-5-6-14-12(11-13)7-8-15(2,3)17-14/h1,5-6,11H,7-10H2,2-3H3. The van der Waals surface area contributed by atoms with Crippen molar-refractivity contribution in [2.24, 2.45) is 0 Å². The highest BCUT2D eigenvalue weighted by molar-refractivity contribution is 5.47. The van der Waals surface area contributed by atoms with E-state index in [2.05, 4.69) is 38.0 Å². The molecule has 3 rings (SSSR count). The van der Waals surface area contributed by atoms with Crippen molar-refractivity contribution in [1.82, 2.24) is 0 Å². The number of benzene rings is 1. The van der Waals surface area contributed by atoms with Gasteiger partial charge in [-0.3, -0.25) is 0 Å². The quantitative estimate of drug-likeness (QED) is 0.666. The van der Waals surface area contributed by atoms with Crippen LogP contribution in [0.3, 0.4) is 0 Å². The summed E-state index contributed by atoms with van der Waals surface area (Å²) >= 11 is 0. The lowest BCUT2D eigenvalue weighted by molar-refractivity contribution is 0.0846. The number of terminal acetylenes is 1. The van der Waals surface area contributed by atoms with Crippen LogP contribution < -0.4 is 4.74 Å². The Morgan fingerprint density at radius 3 is 2.65 bits per heavy atom. The van der Waals surface area contributed by atoms with E-state index < -0.39 is 0 Å². The molecule has 1 heteroatoms. The second-order valence-corrected chi connectivity index (χ2v) is 5.91. The van der Waals surface area contributed by atoms with Gasteiger partial charge in [0.25, 0.3) is 0 Å². The summed E-state index contributed by atoms with van der Waals surface area (Å²) in [5, 5.41) is 0. The Morgan fingerprint density at radius 1 is 1.24 bits per heavy atom. The van der Waals surface area contributed by atoms with Crippen molar-refractivity contribution in [3.63, 3.8) is 0 Å². The van der Waals surface area contributed by atoms with Gasteiger partial charge in [0.2, 0.25) is 0 Å². The Balaban J connectivity index is 1.97. The predicted molar refractivity (Wildman–Crippen MR) is 69.2 cm³/mol. The first-order chi connectivity index (χ1) is 8.05. The minimum atomic E-state index is -0.0299. The van der Waals surface area contributed by atoms with Gasteiger partial charge in [-0.1, -0.05) is 18.1 Å². The molecular formula is C16H18O. The molecule has 0 amide bonds. The fourth-order valence-corrected chi connectivity index (χ4v) is 2.60. The smallest absolute Gasteiger partial charge is 0.123 e. The first-order valence-electron chi connectivity index (χ1n) is 6.35. The van der Waals surface area contributed by atoms with Gasteiger partial charge in [0.1, 0.15) is 11.4 Å². The highest BCUT2D eigenvalue weighted by atomic mass is 16.5. The second kappa shape index (κ2) is 3.29. The summed E-state index contributed by atoms with van der Waals surface area (Å²) in [5.41, 5.74) is 2.64. The van der Waals surface area contributed by atoms with Crippen molar-refractivity contribution in [2.45, 2.75) is 50.5 Å². The van der Waals surface area contributed by atoms with Crippen LogP contribution >= 0.6 is 0 Å². The maximum absolute atomic E-state index is 5.99. The summed E-state index contributed by atoms with van der Waals surface area (Å²) in [5.74, 6) is 3.99. The molecule has 1 aliphatic heterocycles. The van der Waals surface area contributed by atoms with Crippen LogP contribution in [0.15, 0.2) is 18.2 Å². The molecule has 0 N–H and O–H groups in total. The zero-order valence-corrected chi connectivity index (χ0v) is 10.5. The summed E-state index contributed by atoms with van der Waals surface area (Å²) in [6, 6.07) is 6.51. The average Bonchev–Trinajstić information content (AvgIpc) is 3.08. The van der Waals surface area contributed by atoms with E-state index in [0.29, 0.717) is 0 Å². The van der Waals surface area contributed by atoms with Crippen LogP contribution in [0.25, 0.3) is 0 Å². The highest BCUT2D eigenvalue weighted by Crippen LogP contribution is 2.48. The molecule has 88 valence electrons. The molecule has 1 nitrogen and oxygen atoms in total. The Bertz CT molecular complexity index is 501. The lowest BCUT2D eigenvalue weighted by Crippen LogP contribution is -2.32. The van der Waals surface area contributed by atoms with Crippen LogP contribution in [0.4, 0.5) is 0 Å². The highest BCUT2D eigenvalue weighted by Gasteiger charge is 2.43. The molecule has 0 saturated heterocycles. The van der Waals surface area contributed by atoms with E-state index in [4.69, 9.17) is 11.2 Å². The van der Waals surface area contributed by atoms with Crippen LogP contribution in [0, 0.1) is 12.3 Å². The molecule has 0 unspecified atom stereocenters. The molecule has 1 fully saturated rings. The number of aryl methyl sites for hydroxylation is 1. The molecule has 1 aromatic carbocycles. The van der Waals surface area contributed by atoms with E-state index in [1.807, 2.05) is 0 Å².